The van der Waals surface area contributed by atoms with Gasteiger partial charge in [0.15, 0.2) is 8.07 Å². The molecule has 0 radical (unpaired) electrons. The summed E-state index contributed by atoms with van der Waals surface area (Å²) in [5, 5.41) is 10.5. The van der Waals surface area contributed by atoms with Gasteiger partial charge in [0.25, 0.3) is 0 Å². The number of hydrogen-bond acceptors (Lipinski definition) is 0. The highest BCUT2D eigenvalue weighted by Crippen LogP contribution is 2.38. The molecule has 0 aliphatic carbocycles. The third-order valence-electron chi connectivity index (χ3n) is 11.9. The van der Waals surface area contributed by atoms with Crippen molar-refractivity contribution in [3.05, 3.63) is 231 Å². The van der Waals surface area contributed by atoms with Gasteiger partial charge in [-0.1, -0.05) is 188 Å². The van der Waals surface area contributed by atoms with E-state index < -0.39 is 8.07 Å². The van der Waals surface area contributed by atoms with E-state index >= 15 is 0 Å². The lowest BCUT2D eigenvalue weighted by molar-refractivity contribution is 1.15. The molecule has 2 nitrogen and oxygen atoms in total. The Kier molecular flexibility index (Phi) is 7.87. The first-order valence-corrected chi connectivity index (χ1v) is 21.7. The van der Waals surface area contributed by atoms with E-state index in [-0.39, 0.29) is 0 Å². The number of rotatable bonds is 7. The van der Waals surface area contributed by atoms with Crippen LogP contribution in [-0.2, 0) is 0 Å². The van der Waals surface area contributed by atoms with Crippen molar-refractivity contribution in [1.82, 2.24) is 9.13 Å². The van der Waals surface area contributed by atoms with Gasteiger partial charge in [0.05, 0.1) is 22.1 Å². The van der Waals surface area contributed by atoms with Gasteiger partial charge in [0, 0.05) is 32.9 Å². The van der Waals surface area contributed by atoms with Gasteiger partial charge in [-0.05, 0) is 74.3 Å². The van der Waals surface area contributed by atoms with Gasteiger partial charge in [0.2, 0.25) is 0 Å². The Bertz CT molecular complexity index is 3110. The minimum atomic E-state index is -2.75. The lowest BCUT2D eigenvalue weighted by Crippen LogP contribution is -2.74. The average molecular weight is 743 g/mol. The van der Waals surface area contributed by atoms with E-state index in [2.05, 4.69) is 240 Å². The minimum Gasteiger partial charge on any atom is -0.309 e. The highest BCUT2D eigenvalue weighted by atomic mass is 28.3. The first-order chi connectivity index (χ1) is 28.3. The number of fused-ring (bicyclic) bond motifs is 6. The van der Waals surface area contributed by atoms with Crippen LogP contribution in [0.15, 0.2) is 231 Å². The summed E-state index contributed by atoms with van der Waals surface area (Å²) >= 11 is 0. The molecule has 57 heavy (non-hydrogen) atoms. The van der Waals surface area contributed by atoms with Gasteiger partial charge in [-0.25, -0.2) is 0 Å². The molecule has 268 valence electrons. The fourth-order valence-corrected chi connectivity index (χ4v) is 14.1. The smallest absolute Gasteiger partial charge is 0.179 e. The maximum Gasteiger partial charge on any atom is 0.179 e. The van der Waals surface area contributed by atoms with Crippen LogP contribution < -0.4 is 20.7 Å². The van der Waals surface area contributed by atoms with Gasteiger partial charge in [-0.15, -0.1) is 0 Å². The molecule has 0 saturated heterocycles. The lowest BCUT2D eigenvalue weighted by atomic mass is 10.0. The fraction of sp³-hybridized carbons (Fsp3) is 0. The second-order valence-corrected chi connectivity index (χ2v) is 18.7. The van der Waals surface area contributed by atoms with E-state index in [4.69, 9.17) is 0 Å². The van der Waals surface area contributed by atoms with Gasteiger partial charge in [0.1, 0.15) is 0 Å². The zero-order valence-corrected chi connectivity index (χ0v) is 32.3. The van der Waals surface area contributed by atoms with Gasteiger partial charge >= 0.3 is 0 Å². The quantitative estimate of drug-likeness (QED) is 0.114. The highest BCUT2D eigenvalue weighted by Gasteiger charge is 2.41. The van der Waals surface area contributed by atoms with Crippen molar-refractivity contribution in [2.45, 2.75) is 0 Å². The first-order valence-electron chi connectivity index (χ1n) is 19.7. The van der Waals surface area contributed by atoms with Crippen LogP contribution in [0.4, 0.5) is 0 Å². The summed E-state index contributed by atoms with van der Waals surface area (Å²) < 4.78 is 4.90. The summed E-state index contributed by atoms with van der Waals surface area (Å²) in [5.41, 5.74) is 9.48. The molecule has 2 aromatic heterocycles. The summed E-state index contributed by atoms with van der Waals surface area (Å²) in [6, 6.07) is 85.2. The van der Waals surface area contributed by atoms with Crippen molar-refractivity contribution in [1.29, 1.82) is 0 Å². The van der Waals surface area contributed by atoms with Crippen LogP contribution >= 0.6 is 0 Å². The van der Waals surface area contributed by atoms with E-state index in [1.807, 2.05) is 0 Å². The molecule has 0 spiro atoms. The SMILES string of the molecule is c1ccc(-c2ccc3c4cc([Si](c5ccccc5)(c5ccccc5)c5ccccc5)ccc4n(-c4ccc5c6ccccc6n(-c6ccccc6)c5c4)c3c2)cc1. The van der Waals surface area contributed by atoms with Gasteiger partial charge in [-0.2, -0.15) is 0 Å². The second kappa shape index (κ2) is 13.5. The number of hydrogen-bond donors (Lipinski definition) is 0. The number of nitrogens with zero attached hydrogens (tertiary/aromatic N) is 2. The highest BCUT2D eigenvalue weighted by molar-refractivity contribution is 7.20. The molecule has 0 atom stereocenters. The molecular formula is C54H38N2Si. The molecule has 0 N–H and O–H groups in total. The monoisotopic (exact) mass is 742 g/mol. The number of aromatic nitrogens is 2. The Morgan fingerprint density at radius 2 is 0.719 bits per heavy atom. The lowest BCUT2D eigenvalue weighted by Gasteiger charge is -2.34. The van der Waals surface area contributed by atoms with Crippen LogP contribution in [0.3, 0.4) is 0 Å². The molecule has 0 bridgehead atoms. The molecule has 0 fully saturated rings. The molecule has 9 aromatic carbocycles. The third kappa shape index (κ3) is 5.24. The van der Waals surface area contributed by atoms with Crippen molar-refractivity contribution in [2.75, 3.05) is 0 Å². The predicted molar refractivity (Wildman–Crippen MR) is 244 cm³/mol. The van der Waals surface area contributed by atoms with E-state index in [1.165, 1.54) is 75.5 Å². The second-order valence-electron chi connectivity index (χ2n) is 14.9. The Labute approximate surface area is 333 Å². The topological polar surface area (TPSA) is 9.86 Å². The van der Waals surface area contributed by atoms with Crippen LogP contribution in [-0.4, -0.2) is 17.2 Å². The average Bonchev–Trinajstić information content (AvgIpc) is 3.80. The number of para-hydroxylation sites is 2. The van der Waals surface area contributed by atoms with Crippen LogP contribution in [0.5, 0.6) is 0 Å². The maximum atomic E-state index is 2.52. The fourth-order valence-electron chi connectivity index (χ4n) is 9.36. The van der Waals surface area contributed by atoms with Gasteiger partial charge < -0.3 is 9.13 Å². The number of benzene rings is 9. The zero-order valence-electron chi connectivity index (χ0n) is 31.3. The summed E-state index contributed by atoms with van der Waals surface area (Å²) in [6.07, 6.45) is 0. The van der Waals surface area contributed by atoms with Crippen LogP contribution in [0.2, 0.25) is 0 Å². The summed E-state index contributed by atoms with van der Waals surface area (Å²) in [5.74, 6) is 0. The Balaban J connectivity index is 1.23. The van der Waals surface area contributed by atoms with Crippen molar-refractivity contribution in [2.24, 2.45) is 0 Å². The van der Waals surface area contributed by atoms with Crippen LogP contribution in [0.1, 0.15) is 0 Å². The Morgan fingerprint density at radius 3 is 1.37 bits per heavy atom. The Hall–Kier alpha value is -7.20. The summed E-state index contributed by atoms with van der Waals surface area (Å²) in [4.78, 5) is 0. The Morgan fingerprint density at radius 1 is 0.246 bits per heavy atom. The maximum absolute atomic E-state index is 2.75. The van der Waals surface area contributed by atoms with Crippen molar-refractivity contribution < 1.29 is 0 Å². The van der Waals surface area contributed by atoms with E-state index in [0.717, 1.165) is 11.4 Å². The predicted octanol–water partition coefficient (Wildman–Crippen LogP) is 10.9. The van der Waals surface area contributed by atoms with E-state index in [1.54, 1.807) is 0 Å². The molecular weight excluding hydrogens is 705 g/mol. The first kappa shape index (κ1) is 33.2. The van der Waals surface area contributed by atoms with Crippen molar-refractivity contribution in [3.63, 3.8) is 0 Å². The summed E-state index contributed by atoms with van der Waals surface area (Å²) in [7, 11) is -2.75. The standard InChI is InChI=1S/C54H38N2Si/c1-6-18-39(19-7-1)40-30-33-49-50-38-46(57(43-22-10-3-11-23-43,44-24-12-4-13-25-44)45-26-14-5-15-27-45)32-35-52(50)56(53(49)36-40)42-31-34-48-47-28-16-17-29-51(47)55(54(48)37-42)41-20-8-2-9-21-41/h1-38H. The molecule has 11 rings (SSSR count). The molecule has 3 heteroatoms. The molecule has 11 aromatic rings. The molecule has 0 unspecified atom stereocenters. The van der Waals surface area contributed by atoms with E-state index in [9.17, 15) is 0 Å². The molecule has 0 amide bonds. The van der Waals surface area contributed by atoms with Crippen LogP contribution in [0, 0.1) is 0 Å². The molecule has 0 aliphatic heterocycles. The normalized spacial score (nSPS) is 11.9. The third-order valence-corrected chi connectivity index (χ3v) is 16.6. The van der Waals surface area contributed by atoms with Crippen LogP contribution in [0.25, 0.3) is 66.1 Å². The van der Waals surface area contributed by atoms with Crippen molar-refractivity contribution >= 4 is 72.4 Å². The summed E-state index contributed by atoms with van der Waals surface area (Å²) in [6.45, 7) is 0. The largest absolute Gasteiger partial charge is 0.309 e. The molecule has 0 saturated carbocycles. The van der Waals surface area contributed by atoms with E-state index in [0.29, 0.717) is 0 Å². The zero-order chi connectivity index (χ0) is 37.8. The van der Waals surface area contributed by atoms with Crippen molar-refractivity contribution in [3.8, 4) is 22.5 Å². The molecule has 0 aliphatic rings. The van der Waals surface area contributed by atoms with Gasteiger partial charge in [-0.3, -0.25) is 0 Å². The molecule has 2 heterocycles. The minimum absolute atomic E-state index is 1.14.